The van der Waals surface area contributed by atoms with E-state index in [1.54, 1.807) is 12.1 Å². The molecule has 0 bridgehead atoms. The number of phosphoric ester groups is 1. The first kappa shape index (κ1) is 68.6. The number of aliphatic hydroxyl groups excluding tert-OH is 2. The predicted molar refractivity (Wildman–Crippen MR) is 288 cm³/mol. The Labute approximate surface area is 438 Å². The maximum atomic E-state index is 14.2. The molecule has 4 aromatic rings. The second-order valence-corrected chi connectivity index (χ2v) is 20.8. The fraction of sp³-hybridized carbons (Fsp3) is 0.625. The second kappa shape index (κ2) is 34.4. The molecule has 2 aromatic carbocycles. The van der Waals surface area contributed by atoms with Gasteiger partial charge in [-0.05, 0) is 96.1 Å². The first-order chi connectivity index (χ1) is 34.9. The number of hydrogen-bond donors (Lipinski definition) is 7. The maximum Gasteiger partial charge on any atom is 0.490 e. The molecule has 1 aliphatic rings. The Balaban J connectivity index is 0.000000793. The minimum absolute atomic E-state index is 0.000441. The molecule has 0 spiro atoms. The van der Waals surface area contributed by atoms with E-state index in [2.05, 4.69) is 131 Å². The van der Waals surface area contributed by atoms with Crippen molar-refractivity contribution < 1.29 is 66.2 Å². The first-order valence-corrected chi connectivity index (χ1v) is 29.8. The van der Waals surface area contributed by atoms with Gasteiger partial charge in [0.2, 0.25) is 11.5 Å². The third-order valence-corrected chi connectivity index (χ3v) is 15.9. The fourth-order valence-corrected chi connectivity index (χ4v) is 10.5. The number of aliphatic hydroxyl groups is 2. The Kier molecular flexibility index (Phi) is 31.9. The zero-order valence-corrected chi connectivity index (χ0v) is 48.1. The molecule has 2 aromatic heterocycles. The number of Topliss-reactive ketones (excluding diaryl/α,β-unsaturated/α-hetero) is 1. The van der Waals surface area contributed by atoms with E-state index in [0.717, 1.165) is 28.3 Å². The number of carbonyl (C=O) groups excluding carboxylic acids is 1. The standard InChI is InChI=1S/C24H26N5O14P3.4C6H15N/c25-22-18-23(27-12-26-22)29(13-28-18)24(20(31)16-8-6-15(7-9-16)10-14-4-2-1-3-5-14)21(32)19(30)17(41-24)11-40-45(36,37)43-46(38,39)42-44(33,34)35;4*1-4-7(5-2)6-3/h1-9,12-13,17,19,21,30,32H,10-11H2,(H,36,37)(H,38,39)(H2,25,26,27)(H2,33,34,35);4*4-6H2,1-3H3/t17-,19-,21-,24-;;;;/m1..../s1. The number of ether oxygens (including phenoxy) is 1. The molecule has 8 N–H and O–H groups in total. The highest BCUT2D eigenvalue weighted by Gasteiger charge is 2.61. The summed E-state index contributed by atoms with van der Waals surface area (Å²) < 4.78 is 53.8. The van der Waals surface area contributed by atoms with Crippen LogP contribution in [0.15, 0.2) is 67.3 Å². The fourth-order valence-electron chi connectivity index (χ4n) is 7.50. The lowest BCUT2D eigenvalue weighted by atomic mass is 9.92. The van der Waals surface area contributed by atoms with Gasteiger partial charge in [0.1, 0.15) is 36.5 Å². The molecule has 2 unspecified atom stereocenters. The van der Waals surface area contributed by atoms with Crippen LogP contribution < -0.4 is 5.73 Å². The number of nitrogen functional groups attached to an aromatic ring is 1. The minimum atomic E-state index is -5.85. The zero-order chi connectivity index (χ0) is 56.3. The van der Waals surface area contributed by atoms with Gasteiger partial charge >= 0.3 is 23.5 Å². The number of hydrogen-bond acceptors (Lipinski definition) is 18. The molecule has 6 atom stereocenters. The van der Waals surface area contributed by atoms with Crippen LogP contribution in [0.5, 0.6) is 0 Å². The molecule has 5 rings (SSSR count). The number of benzene rings is 2. The van der Waals surface area contributed by atoms with E-state index in [1.165, 1.54) is 90.7 Å². The molecule has 1 fully saturated rings. The van der Waals surface area contributed by atoms with E-state index in [1.807, 2.05) is 30.3 Å². The Hall–Kier alpha value is -3.41. The van der Waals surface area contributed by atoms with Crippen molar-refractivity contribution >= 4 is 46.2 Å². The molecule has 0 amide bonds. The summed E-state index contributed by atoms with van der Waals surface area (Å²) in [6.45, 7) is 39.3. The van der Waals surface area contributed by atoms with E-state index in [-0.39, 0.29) is 22.5 Å². The summed E-state index contributed by atoms with van der Waals surface area (Å²) in [5.41, 5.74) is 5.12. The molecule has 0 aliphatic carbocycles. The minimum Gasteiger partial charge on any atom is -0.387 e. The summed E-state index contributed by atoms with van der Waals surface area (Å²) in [6, 6.07) is 15.8. The van der Waals surface area contributed by atoms with Crippen molar-refractivity contribution in [2.75, 3.05) is 90.9 Å². The zero-order valence-electron chi connectivity index (χ0n) is 45.4. The number of rotatable bonds is 24. The van der Waals surface area contributed by atoms with Gasteiger partial charge in [-0.25, -0.2) is 28.6 Å². The van der Waals surface area contributed by atoms with Crippen LogP contribution in [-0.2, 0) is 43.7 Å². The molecule has 3 heterocycles. The van der Waals surface area contributed by atoms with Crippen molar-refractivity contribution in [1.82, 2.24) is 39.1 Å². The number of nitrogens with zero attached hydrogens (tertiary/aromatic N) is 8. The number of phosphoric acid groups is 3. The van der Waals surface area contributed by atoms with Crippen LogP contribution in [0, 0.1) is 0 Å². The summed E-state index contributed by atoms with van der Waals surface area (Å²) >= 11 is 0. The van der Waals surface area contributed by atoms with Gasteiger partial charge in [0.25, 0.3) is 0 Å². The van der Waals surface area contributed by atoms with Gasteiger partial charge in [-0.3, -0.25) is 13.9 Å². The quantitative estimate of drug-likeness (QED) is 0.0295. The van der Waals surface area contributed by atoms with Gasteiger partial charge in [0.05, 0.1) is 6.61 Å². The maximum absolute atomic E-state index is 14.2. The highest BCUT2D eigenvalue weighted by molar-refractivity contribution is 7.66. The summed E-state index contributed by atoms with van der Waals surface area (Å²) in [6.07, 6.45) is -3.30. The Morgan fingerprint density at radius 3 is 1.47 bits per heavy atom. The van der Waals surface area contributed by atoms with Crippen LogP contribution in [0.1, 0.15) is 105 Å². The number of fused-ring (bicyclic) bond motifs is 1. The highest BCUT2D eigenvalue weighted by Crippen LogP contribution is 2.66. The number of anilines is 1. The largest absolute Gasteiger partial charge is 0.490 e. The van der Waals surface area contributed by atoms with E-state index in [0.29, 0.717) is 6.42 Å². The van der Waals surface area contributed by atoms with Gasteiger partial charge in [0, 0.05) is 5.56 Å². The van der Waals surface area contributed by atoms with E-state index < -0.39 is 59.9 Å². The normalized spacial score (nSPS) is 19.1. The average molecular weight is 1110 g/mol. The number of aromatic nitrogens is 4. The van der Waals surface area contributed by atoms with Crippen molar-refractivity contribution in [3.05, 3.63) is 83.9 Å². The number of carbonyl (C=O) groups is 1. The lowest BCUT2D eigenvalue weighted by molar-refractivity contribution is -0.112. The van der Waals surface area contributed by atoms with Crippen LogP contribution >= 0.6 is 23.5 Å². The first-order valence-electron chi connectivity index (χ1n) is 25.2. The van der Waals surface area contributed by atoms with Crippen LogP contribution in [-0.4, -0.2) is 178 Å². The summed E-state index contributed by atoms with van der Waals surface area (Å²) in [7, 11) is -17.2. The molecular formula is C48H86N9O14P3. The molecular weight excluding hydrogens is 1020 g/mol. The van der Waals surface area contributed by atoms with Gasteiger partial charge in [0.15, 0.2) is 11.5 Å². The Bertz CT molecular complexity index is 2250. The van der Waals surface area contributed by atoms with E-state index >= 15 is 0 Å². The van der Waals surface area contributed by atoms with Crippen LogP contribution in [0.4, 0.5) is 5.82 Å². The predicted octanol–water partition coefficient (Wildman–Crippen LogP) is 6.39. The number of nitrogens with two attached hydrogens (primary N) is 1. The van der Waals surface area contributed by atoms with Gasteiger partial charge < -0.3 is 59.9 Å². The number of ketones is 1. The van der Waals surface area contributed by atoms with Crippen molar-refractivity contribution in [2.24, 2.45) is 0 Å². The van der Waals surface area contributed by atoms with Crippen molar-refractivity contribution in [2.45, 2.75) is 114 Å². The average Bonchev–Trinajstić information content (AvgIpc) is 3.92. The molecule has 0 saturated carbocycles. The van der Waals surface area contributed by atoms with E-state index in [4.69, 9.17) is 20.3 Å². The lowest BCUT2D eigenvalue weighted by Crippen LogP contribution is -2.51. The third-order valence-electron chi connectivity index (χ3n) is 12.1. The third kappa shape index (κ3) is 22.3. The van der Waals surface area contributed by atoms with E-state index in [9.17, 15) is 38.5 Å². The van der Waals surface area contributed by atoms with Crippen molar-refractivity contribution in [1.29, 1.82) is 0 Å². The monoisotopic (exact) mass is 1110 g/mol. The molecule has 422 valence electrons. The smallest absolute Gasteiger partial charge is 0.387 e. The highest BCUT2D eigenvalue weighted by atomic mass is 31.3. The summed E-state index contributed by atoms with van der Waals surface area (Å²) in [5.74, 6) is -1.00. The molecule has 26 heteroatoms. The van der Waals surface area contributed by atoms with Gasteiger partial charge in [-0.1, -0.05) is 138 Å². The molecule has 0 radical (unpaired) electrons. The van der Waals surface area contributed by atoms with Crippen molar-refractivity contribution in [3.63, 3.8) is 0 Å². The lowest BCUT2D eigenvalue weighted by Gasteiger charge is -2.32. The summed E-state index contributed by atoms with van der Waals surface area (Å²) in [4.78, 5) is 72.5. The molecule has 1 aliphatic heterocycles. The summed E-state index contributed by atoms with van der Waals surface area (Å²) in [5, 5.41) is 22.3. The molecule has 23 nitrogen and oxygen atoms in total. The van der Waals surface area contributed by atoms with Crippen LogP contribution in [0.2, 0.25) is 0 Å². The van der Waals surface area contributed by atoms with Gasteiger partial charge in [-0.2, -0.15) is 8.62 Å². The Morgan fingerprint density at radius 2 is 1.07 bits per heavy atom. The van der Waals surface area contributed by atoms with Crippen molar-refractivity contribution in [3.8, 4) is 0 Å². The molecule has 74 heavy (non-hydrogen) atoms. The number of imidazole rings is 1. The second-order valence-electron chi connectivity index (χ2n) is 16.4. The Morgan fingerprint density at radius 1 is 0.635 bits per heavy atom. The SMILES string of the molecule is CCN(CC)CC.CCN(CC)CC.CCN(CC)CC.CCN(CC)CC.Nc1ncnc2c1ncn2[C@]1(C(=O)c2ccc(Cc3ccccc3)cc2)O[C@H](COP(=O)(O)OP(=O)(O)OP(=O)(O)O)[C@@H](O)[C@H]1O. The molecule has 1 saturated heterocycles. The topological polar surface area (TPSA) is 309 Å². The van der Waals surface area contributed by atoms with Gasteiger partial charge in [-0.15, -0.1) is 0 Å². The van der Waals surface area contributed by atoms with Crippen LogP contribution in [0.3, 0.4) is 0 Å². The van der Waals surface area contributed by atoms with Crippen LogP contribution in [0.25, 0.3) is 11.2 Å².